The minimum atomic E-state index is -3.90. The van der Waals surface area contributed by atoms with Crippen molar-refractivity contribution < 1.29 is 18.3 Å². The van der Waals surface area contributed by atoms with Gasteiger partial charge in [-0.05, 0) is 43.4 Å². The Labute approximate surface area is 143 Å². The Bertz CT molecular complexity index is 780. The van der Waals surface area contributed by atoms with E-state index in [1.54, 1.807) is 12.1 Å². The van der Waals surface area contributed by atoms with E-state index in [1.165, 1.54) is 12.1 Å². The zero-order valence-electron chi connectivity index (χ0n) is 13.8. The smallest absolute Gasteiger partial charge is 0.322 e. The second-order valence-corrected chi connectivity index (χ2v) is 8.35. The second-order valence-electron chi connectivity index (χ2n) is 6.22. The Morgan fingerprint density at radius 3 is 2.17 bits per heavy atom. The molecular formula is C19H22O4S. The number of carboxylic acid groups (broad SMARTS) is 1. The van der Waals surface area contributed by atoms with Gasteiger partial charge in [0.1, 0.15) is 0 Å². The topological polar surface area (TPSA) is 71.4 Å². The predicted molar refractivity (Wildman–Crippen MR) is 93.7 cm³/mol. The molecule has 0 aliphatic heterocycles. The molecule has 2 atom stereocenters. The van der Waals surface area contributed by atoms with Crippen molar-refractivity contribution in [3.05, 3.63) is 65.7 Å². The highest BCUT2D eigenvalue weighted by Crippen LogP contribution is 2.24. The highest BCUT2D eigenvalue weighted by atomic mass is 32.2. The van der Waals surface area contributed by atoms with Gasteiger partial charge >= 0.3 is 5.97 Å². The predicted octanol–water partition coefficient (Wildman–Crippen LogP) is 3.49. The minimum Gasteiger partial charge on any atom is -0.480 e. The van der Waals surface area contributed by atoms with Crippen molar-refractivity contribution in [1.29, 1.82) is 0 Å². The van der Waals surface area contributed by atoms with Gasteiger partial charge in [0.15, 0.2) is 15.1 Å². The van der Waals surface area contributed by atoms with Crippen molar-refractivity contribution in [1.82, 2.24) is 0 Å². The lowest BCUT2D eigenvalue weighted by molar-refractivity contribution is -0.136. The fourth-order valence-corrected chi connectivity index (χ4v) is 4.41. The molecule has 24 heavy (non-hydrogen) atoms. The summed E-state index contributed by atoms with van der Waals surface area (Å²) in [5, 5.41) is 8.03. The van der Waals surface area contributed by atoms with Crippen molar-refractivity contribution in [3.63, 3.8) is 0 Å². The molecule has 0 aliphatic carbocycles. The summed E-state index contributed by atoms with van der Waals surface area (Å²) in [6, 6.07) is 16.0. The van der Waals surface area contributed by atoms with Gasteiger partial charge in [-0.15, -0.1) is 0 Å². The minimum absolute atomic E-state index is 0.0614. The van der Waals surface area contributed by atoms with Gasteiger partial charge in [0.05, 0.1) is 4.90 Å². The van der Waals surface area contributed by atoms with E-state index in [9.17, 15) is 18.3 Å². The molecule has 2 rings (SSSR count). The van der Waals surface area contributed by atoms with Gasteiger partial charge < -0.3 is 5.11 Å². The quantitative estimate of drug-likeness (QED) is 0.833. The Kier molecular flexibility index (Phi) is 5.78. The number of sulfone groups is 1. The Morgan fingerprint density at radius 1 is 1.04 bits per heavy atom. The number of hydrogen-bond donors (Lipinski definition) is 1. The average molecular weight is 346 g/mol. The summed E-state index contributed by atoms with van der Waals surface area (Å²) < 4.78 is 25.4. The van der Waals surface area contributed by atoms with Gasteiger partial charge in [-0.1, -0.05) is 55.0 Å². The molecule has 4 nitrogen and oxygen atoms in total. The maximum absolute atomic E-state index is 12.7. The van der Waals surface area contributed by atoms with Crippen LogP contribution in [0, 0.1) is 12.8 Å². The lowest BCUT2D eigenvalue weighted by atomic mass is 9.96. The number of benzene rings is 2. The number of aryl methyl sites for hydroxylation is 1. The first-order valence-electron chi connectivity index (χ1n) is 7.88. The first kappa shape index (κ1) is 18.2. The zero-order chi connectivity index (χ0) is 17.7. The molecule has 2 unspecified atom stereocenters. The monoisotopic (exact) mass is 346 g/mol. The van der Waals surface area contributed by atoms with Crippen LogP contribution in [-0.2, 0) is 21.1 Å². The van der Waals surface area contributed by atoms with Crippen LogP contribution in [0.1, 0.15) is 24.5 Å². The van der Waals surface area contributed by atoms with Gasteiger partial charge in [0.2, 0.25) is 0 Å². The third kappa shape index (κ3) is 4.45. The van der Waals surface area contributed by atoms with Gasteiger partial charge in [-0.2, -0.15) is 0 Å². The molecule has 2 aromatic carbocycles. The fourth-order valence-electron chi connectivity index (χ4n) is 2.72. The van der Waals surface area contributed by atoms with E-state index >= 15 is 0 Å². The van der Waals surface area contributed by atoms with E-state index < -0.39 is 21.1 Å². The van der Waals surface area contributed by atoms with E-state index in [-0.39, 0.29) is 17.2 Å². The van der Waals surface area contributed by atoms with Crippen LogP contribution < -0.4 is 0 Å². The van der Waals surface area contributed by atoms with Gasteiger partial charge in [0, 0.05) is 0 Å². The average Bonchev–Trinajstić information content (AvgIpc) is 2.53. The normalized spacial score (nSPS) is 14.1. The van der Waals surface area contributed by atoms with E-state index in [4.69, 9.17) is 0 Å². The first-order valence-corrected chi connectivity index (χ1v) is 9.42. The molecule has 0 fully saturated rings. The second kappa shape index (κ2) is 7.62. The van der Waals surface area contributed by atoms with Crippen LogP contribution in [0.15, 0.2) is 59.5 Å². The standard InChI is InChI=1S/C19H22O4S/c1-14-8-10-17(11-9-14)24(22,23)18(19(20)21)13-15(2)12-16-6-4-3-5-7-16/h3-11,15,18H,12-13H2,1-2H3,(H,20,21). The van der Waals surface area contributed by atoms with Gasteiger partial charge in [-0.25, -0.2) is 8.42 Å². The molecule has 0 spiro atoms. The number of carboxylic acids is 1. The molecule has 1 N–H and O–H groups in total. The van der Waals surface area contributed by atoms with Crippen molar-refractivity contribution in [2.24, 2.45) is 5.92 Å². The van der Waals surface area contributed by atoms with Crippen LogP contribution in [0.25, 0.3) is 0 Å². The van der Waals surface area contributed by atoms with Crippen LogP contribution in [0.5, 0.6) is 0 Å². The highest BCUT2D eigenvalue weighted by Gasteiger charge is 2.35. The molecule has 0 saturated carbocycles. The van der Waals surface area contributed by atoms with Crippen LogP contribution in [0.3, 0.4) is 0 Å². The van der Waals surface area contributed by atoms with Crippen LogP contribution in [0.2, 0.25) is 0 Å². The Morgan fingerprint density at radius 2 is 1.62 bits per heavy atom. The molecule has 0 bridgehead atoms. The zero-order valence-corrected chi connectivity index (χ0v) is 14.7. The van der Waals surface area contributed by atoms with Crippen molar-refractivity contribution in [3.8, 4) is 0 Å². The summed E-state index contributed by atoms with van der Waals surface area (Å²) in [6.07, 6.45) is 0.731. The van der Waals surface area contributed by atoms with E-state index in [2.05, 4.69) is 0 Å². The third-order valence-corrected chi connectivity index (χ3v) is 6.12. The molecular weight excluding hydrogens is 324 g/mol. The number of aliphatic carboxylic acids is 1. The SMILES string of the molecule is Cc1ccc(S(=O)(=O)C(CC(C)Cc2ccccc2)C(=O)O)cc1. The number of hydrogen-bond acceptors (Lipinski definition) is 3. The lowest BCUT2D eigenvalue weighted by Crippen LogP contribution is -2.32. The summed E-state index contributed by atoms with van der Waals surface area (Å²) >= 11 is 0. The van der Waals surface area contributed by atoms with Crippen molar-refractivity contribution in [2.45, 2.75) is 36.8 Å². The first-order chi connectivity index (χ1) is 11.3. The van der Waals surface area contributed by atoms with Gasteiger partial charge in [0.25, 0.3) is 0 Å². The molecule has 0 radical (unpaired) electrons. The van der Waals surface area contributed by atoms with Crippen molar-refractivity contribution >= 4 is 15.8 Å². The Hall–Kier alpha value is -2.14. The molecule has 0 aliphatic rings. The van der Waals surface area contributed by atoms with E-state index in [0.717, 1.165) is 11.1 Å². The summed E-state index contributed by atoms with van der Waals surface area (Å²) in [7, 11) is -3.90. The molecule has 0 aromatic heterocycles. The maximum Gasteiger partial charge on any atom is 0.322 e. The van der Waals surface area contributed by atoms with Crippen LogP contribution >= 0.6 is 0 Å². The van der Waals surface area contributed by atoms with Gasteiger partial charge in [-0.3, -0.25) is 4.79 Å². The third-order valence-electron chi connectivity index (χ3n) is 4.04. The molecule has 0 amide bonds. The molecule has 2 aromatic rings. The van der Waals surface area contributed by atoms with Crippen LogP contribution in [0.4, 0.5) is 0 Å². The summed E-state index contributed by atoms with van der Waals surface area (Å²) in [5.41, 5.74) is 2.00. The summed E-state index contributed by atoms with van der Waals surface area (Å²) in [6.45, 7) is 3.74. The summed E-state index contributed by atoms with van der Waals surface area (Å²) in [4.78, 5) is 11.7. The lowest BCUT2D eigenvalue weighted by Gasteiger charge is -2.18. The number of carbonyl (C=O) groups is 1. The summed E-state index contributed by atoms with van der Waals surface area (Å²) in [5.74, 6) is -1.36. The fraction of sp³-hybridized carbons (Fsp3) is 0.316. The molecule has 5 heteroatoms. The van der Waals surface area contributed by atoms with E-state index in [1.807, 2.05) is 44.2 Å². The molecule has 0 saturated heterocycles. The molecule has 0 heterocycles. The maximum atomic E-state index is 12.7. The van der Waals surface area contributed by atoms with Crippen molar-refractivity contribution in [2.75, 3.05) is 0 Å². The Balaban J connectivity index is 2.19. The number of rotatable bonds is 7. The van der Waals surface area contributed by atoms with E-state index in [0.29, 0.717) is 6.42 Å². The highest BCUT2D eigenvalue weighted by molar-refractivity contribution is 7.92. The van der Waals surface area contributed by atoms with Crippen LogP contribution in [-0.4, -0.2) is 24.7 Å². The molecule has 128 valence electrons. The largest absolute Gasteiger partial charge is 0.480 e.